The van der Waals surface area contributed by atoms with Gasteiger partial charge in [0.05, 0.1) is 18.3 Å². The van der Waals surface area contributed by atoms with Gasteiger partial charge in [-0.25, -0.2) is 10.4 Å². The van der Waals surface area contributed by atoms with Crippen molar-refractivity contribution in [2.24, 2.45) is 5.10 Å². The molecule has 5 nitrogen and oxygen atoms in total. The Bertz CT molecular complexity index is 926. The summed E-state index contributed by atoms with van der Waals surface area (Å²) in [6, 6.07) is 13.5. The van der Waals surface area contributed by atoms with Crippen LogP contribution in [0, 0.1) is 13.8 Å². The van der Waals surface area contributed by atoms with Gasteiger partial charge in [0.15, 0.2) is 0 Å². The van der Waals surface area contributed by atoms with Gasteiger partial charge in [-0.3, -0.25) is 4.79 Å². The number of phenols is 1. The van der Waals surface area contributed by atoms with Crippen molar-refractivity contribution in [1.29, 1.82) is 0 Å². The zero-order chi connectivity index (χ0) is 18.5. The molecule has 2 aromatic carbocycles. The summed E-state index contributed by atoms with van der Waals surface area (Å²) in [5.41, 5.74) is 6.79. The number of rotatable bonds is 5. The predicted molar refractivity (Wildman–Crippen MR) is 105 cm³/mol. The van der Waals surface area contributed by atoms with E-state index in [-0.39, 0.29) is 18.1 Å². The Kier molecular flexibility index (Phi) is 5.43. The van der Waals surface area contributed by atoms with Gasteiger partial charge in [0.25, 0.3) is 0 Å². The molecule has 0 saturated carbocycles. The maximum atomic E-state index is 12.0. The number of carbonyl (C=O) groups is 1. The number of thiazole rings is 1. The topological polar surface area (TPSA) is 74.6 Å². The van der Waals surface area contributed by atoms with Gasteiger partial charge in [-0.05, 0) is 42.7 Å². The summed E-state index contributed by atoms with van der Waals surface area (Å²) in [7, 11) is 0. The number of hydrogen-bond acceptors (Lipinski definition) is 5. The van der Waals surface area contributed by atoms with Crippen molar-refractivity contribution >= 4 is 23.5 Å². The van der Waals surface area contributed by atoms with Crippen molar-refractivity contribution in [3.05, 3.63) is 69.5 Å². The molecular weight excluding hydrogens is 346 g/mol. The summed E-state index contributed by atoms with van der Waals surface area (Å²) < 4.78 is 0. The van der Waals surface area contributed by atoms with E-state index in [0.29, 0.717) is 0 Å². The van der Waals surface area contributed by atoms with Crippen LogP contribution in [0.15, 0.2) is 52.9 Å². The van der Waals surface area contributed by atoms with Crippen LogP contribution in [0.2, 0.25) is 0 Å². The van der Waals surface area contributed by atoms with Gasteiger partial charge >= 0.3 is 0 Å². The number of amides is 1. The fourth-order valence-electron chi connectivity index (χ4n) is 2.55. The average molecular weight is 365 g/mol. The van der Waals surface area contributed by atoms with E-state index in [1.807, 2.05) is 61.7 Å². The molecule has 0 saturated heterocycles. The van der Waals surface area contributed by atoms with E-state index in [1.165, 1.54) is 11.3 Å². The molecule has 0 bridgehead atoms. The zero-order valence-corrected chi connectivity index (χ0v) is 15.4. The third kappa shape index (κ3) is 4.34. The van der Waals surface area contributed by atoms with Gasteiger partial charge in [0.1, 0.15) is 10.8 Å². The Morgan fingerprint density at radius 3 is 2.62 bits per heavy atom. The van der Waals surface area contributed by atoms with Gasteiger partial charge in [-0.1, -0.05) is 30.3 Å². The molecule has 3 rings (SSSR count). The first kappa shape index (κ1) is 17.8. The van der Waals surface area contributed by atoms with Crippen LogP contribution < -0.4 is 5.43 Å². The number of hydrogen-bond donors (Lipinski definition) is 2. The Labute approximate surface area is 156 Å². The van der Waals surface area contributed by atoms with Crippen LogP contribution in [-0.2, 0) is 11.2 Å². The minimum Gasteiger partial charge on any atom is -0.507 e. The molecule has 0 unspecified atom stereocenters. The van der Waals surface area contributed by atoms with E-state index in [2.05, 4.69) is 15.5 Å². The van der Waals surface area contributed by atoms with E-state index in [9.17, 15) is 9.90 Å². The third-order valence-electron chi connectivity index (χ3n) is 3.85. The van der Waals surface area contributed by atoms with Gasteiger partial charge in [-0.2, -0.15) is 5.10 Å². The maximum absolute atomic E-state index is 12.0. The van der Waals surface area contributed by atoms with Crippen molar-refractivity contribution in [3.8, 4) is 17.0 Å². The Hall–Kier alpha value is -2.99. The SMILES string of the molecule is Cc1cc(/C=N/NC(=O)Cc2nc(-c3ccccc3)cs2)cc(C)c1O. The number of aryl methyl sites for hydroxylation is 2. The molecule has 6 heteroatoms. The minimum atomic E-state index is -0.220. The van der Waals surface area contributed by atoms with Gasteiger partial charge in [0, 0.05) is 10.9 Å². The lowest BCUT2D eigenvalue weighted by Gasteiger charge is -2.04. The summed E-state index contributed by atoms with van der Waals surface area (Å²) in [4.78, 5) is 16.5. The molecular formula is C20H19N3O2S. The number of nitrogens with one attached hydrogen (secondary N) is 1. The van der Waals surface area contributed by atoms with Crippen LogP contribution in [0.4, 0.5) is 0 Å². The Morgan fingerprint density at radius 2 is 1.92 bits per heavy atom. The molecule has 0 fully saturated rings. The quantitative estimate of drug-likeness (QED) is 0.533. The van der Waals surface area contributed by atoms with Crippen molar-refractivity contribution in [2.75, 3.05) is 0 Å². The summed E-state index contributed by atoms with van der Waals surface area (Å²) in [5, 5.41) is 16.4. The van der Waals surface area contributed by atoms with Crippen molar-refractivity contribution in [2.45, 2.75) is 20.3 Å². The van der Waals surface area contributed by atoms with Gasteiger partial charge in [0.2, 0.25) is 5.91 Å². The lowest BCUT2D eigenvalue weighted by Crippen LogP contribution is -2.19. The molecule has 2 N–H and O–H groups in total. The average Bonchev–Trinajstić information content (AvgIpc) is 3.09. The van der Waals surface area contributed by atoms with Crippen LogP contribution in [0.5, 0.6) is 5.75 Å². The molecule has 1 aromatic heterocycles. The second-order valence-corrected chi connectivity index (χ2v) is 6.91. The first-order valence-corrected chi connectivity index (χ1v) is 9.03. The van der Waals surface area contributed by atoms with Gasteiger partial charge < -0.3 is 5.11 Å². The lowest BCUT2D eigenvalue weighted by molar-refractivity contribution is -0.120. The van der Waals surface area contributed by atoms with E-state index >= 15 is 0 Å². The molecule has 0 radical (unpaired) electrons. The summed E-state index contributed by atoms with van der Waals surface area (Å²) in [5.74, 6) is 0.0617. The highest BCUT2D eigenvalue weighted by molar-refractivity contribution is 7.10. The van der Waals surface area contributed by atoms with Crippen molar-refractivity contribution in [3.63, 3.8) is 0 Å². The third-order valence-corrected chi connectivity index (χ3v) is 4.70. The first-order valence-electron chi connectivity index (χ1n) is 8.15. The first-order chi connectivity index (χ1) is 12.5. The monoisotopic (exact) mass is 365 g/mol. The highest BCUT2D eigenvalue weighted by atomic mass is 32.1. The molecule has 0 spiro atoms. The van der Waals surface area contributed by atoms with Crippen LogP contribution in [0.25, 0.3) is 11.3 Å². The molecule has 0 atom stereocenters. The van der Waals surface area contributed by atoms with E-state index in [4.69, 9.17) is 0 Å². The smallest absolute Gasteiger partial charge is 0.246 e. The van der Waals surface area contributed by atoms with Gasteiger partial charge in [-0.15, -0.1) is 11.3 Å². The van der Waals surface area contributed by atoms with E-state index in [1.54, 1.807) is 6.21 Å². The van der Waals surface area contributed by atoms with E-state index < -0.39 is 0 Å². The van der Waals surface area contributed by atoms with Crippen molar-refractivity contribution < 1.29 is 9.90 Å². The largest absolute Gasteiger partial charge is 0.507 e. The number of nitrogens with zero attached hydrogens (tertiary/aromatic N) is 2. The molecule has 3 aromatic rings. The summed E-state index contributed by atoms with van der Waals surface area (Å²) in [6.07, 6.45) is 1.75. The maximum Gasteiger partial charge on any atom is 0.246 e. The Morgan fingerprint density at radius 1 is 1.23 bits per heavy atom. The molecule has 1 amide bonds. The number of benzene rings is 2. The molecule has 0 aliphatic heterocycles. The molecule has 132 valence electrons. The summed E-state index contributed by atoms with van der Waals surface area (Å²) in [6.45, 7) is 3.65. The van der Waals surface area contributed by atoms with E-state index in [0.717, 1.165) is 33.0 Å². The number of carbonyl (C=O) groups excluding carboxylic acids is 1. The number of hydrazone groups is 1. The van der Waals surface area contributed by atoms with Crippen molar-refractivity contribution in [1.82, 2.24) is 10.4 Å². The Balaban J connectivity index is 1.59. The van der Waals surface area contributed by atoms with Crippen LogP contribution in [0.3, 0.4) is 0 Å². The summed E-state index contributed by atoms with van der Waals surface area (Å²) >= 11 is 1.46. The zero-order valence-electron chi connectivity index (χ0n) is 14.6. The fourth-order valence-corrected chi connectivity index (χ4v) is 3.36. The lowest BCUT2D eigenvalue weighted by atomic mass is 10.1. The highest BCUT2D eigenvalue weighted by Gasteiger charge is 2.08. The normalized spacial score (nSPS) is 11.0. The fraction of sp³-hybridized carbons (Fsp3) is 0.150. The van der Waals surface area contributed by atoms with Crippen LogP contribution >= 0.6 is 11.3 Å². The second kappa shape index (κ2) is 7.93. The molecule has 0 aliphatic carbocycles. The highest BCUT2D eigenvalue weighted by Crippen LogP contribution is 2.22. The molecule has 0 aliphatic rings. The minimum absolute atomic E-state index is 0.183. The number of phenolic OH excluding ortho intramolecular Hbond substituents is 1. The predicted octanol–water partition coefficient (Wildman–Crippen LogP) is 3.83. The molecule has 1 heterocycles. The standard InChI is InChI=1S/C20H19N3O2S/c1-13-8-15(9-14(2)20(13)25)11-21-23-18(24)10-19-22-17(12-26-19)16-6-4-3-5-7-16/h3-9,11-12,25H,10H2,1-2H3,(H,23,24)/b21-11+. The van der Waals surface area contributed by atoms with Crippen LogP contribution in [0.1, 0.15) is 21.7 Å². The number of aromatic nitrogens is 1. The molecule has 26 heavy (non-hydrogen) atoms. The van der Waals surface area contributed by atoms with Crippen LogP contribution in [-0.4, -0.2) is 22.2 Å². The second-order valence-electron chi connectivity index (χ2n) is 5.97. The number of aromatic hydroxyl groups is 1.